The predicted octanol–water partition coefficient (Wildman–Crippen LogP) is 3.83. The maximum absolute atomic E-state index is 12.3. The van der Waals surface area contributed by atoms with Crippen LogP contribution in [0.2, 0.25) is 0 Å². The van der Waals surface area contributed by atoms with Crippen molar-refractivity contribution in [1.29, 1.82) is 5.41 Å². The van der Waals surface area contributed by atoms with Crippen molar-refractivity contribution in [2.75, 3.05) is 33.9 Å². The second kappa shape index (κ2) is 23.4. The summed E-state index contributed by atoms with van der Waals surface area (Å²) in [6, 6.07) is 18.7. The van der Waals surface area contributed by atoms with Crippen LogP contribution in [-0.4, -0.2) is 75.4 Å². The molecule has 44 heavy (non-hydrogen) atoms. The van der Waals surface area contributed by atoms with Crippen LogP contribution in [0.1, 0.15) is 52.2 Å². The number of ether oxygens (including phenoxy) is 1. The Labute approximate surface area is 265 Å². The number of nitrogens with zero attached hydrogens (tertiary/aromatic N) is 1. The molecule has 1 aromatic heterocycles. The van der Waals surface area contributed by atoms with Crippen LogP contribution < -0.4 is 16.8 Å². The molecule has 0 bridgehead atoms. The summed E-state index contributed by atoms with van der Waals surface area (Å²) in [6.07, 6.45) is 1.49. The number of carbonyl (C=O) groups is 4. The lowest BCUT2D eigenvalue weighted by Gasteiger charge is -2.18. The van der Waals surface area contributed by atoms with Crippen LogP contribution in [0.4, 0.5) is 0 Å². The summed E-state index contributed by atoms with van der Waals surface area (Å²) in [5, 5.41) is 12.2. The summed E-state index contributed by atoms with van der Waals surface area (Å²) in [4.78, 5) is 44.4. The molecule has 3 aromatic rings. The van der Waals surface area contributed by atoms with Crippen molar-refractivity contribution in [3.05, 3.63) is 93.2 Å². The summed E-state index contributed by atoms with van der Waals surface area (Å²) in [7, 11) is 3.66. The number of aryl methyl sites for hydroxylation is 1. The minimum absolute atomic E-state index is 0.0499. The number of hydrogen-bond acceptors (Lipinski definition) is 9. The quantitative estimate of drug-likeness (QED) is 0.120. The summed E-state index contributed by atoms with van der Waals surface area (Å²) < 4.78 is 5.17. The van der Waals surface area contributed by atoms with Gasteiger partial charge >= 0.3 is 0 Å². The molecule has 2 atom stereocenters. The first-order chi connectivity index (χ1) is 21.2. The molecule has 0 saturated carbocycles. The monoisotopic (exact) mass is 625 g/mol. The molecule has 1 amide bonds. The molecule has 11 heteroatoms. The zero-order chi connectivity index (χ0) is 33.5. The van der Waals surface area contributed by atoms with Crippen molar-refractivity contribution in [1.82, 2.24) is 10.2 Å². The summed E-state index contributed by atoms with van der Waals surface area (Å²) in [5.41, 5.74) is 13.4. The van der Waals surface area contributed by atoms with Crippen LogP contribution in [0.3, 0.4) is 0 Å². The summed E-state index contributed by atoms with van der Waals surface area (Å²) >= 11 is 1.50. The van der Waals surface area contributed by atoms with Crippen molar-refractivity contribution >= 4 is 41.9 Å². The van der Waals surface area contributed by atoms with E-state index in [0.717, 1.165) is 29.0 Å². The highest BCUT2D eigenvalue weighted by Gasteiger charge is 2.34. The van der Waals surface area contributed by atoms with Crippen LogP contribution in [0, 0.1) is 18.3 Å². The van der Waals surface area contributed by atoms with Gasteiger partial charge in [0.05, 0.1) is 19.2 Å². The second-order valence-electron chi connectivity index (χ2n) is 9.41. The smallest absolute Gasteiger partial charge is 0.237 e. The van der Waals surface area contributed by atoms with Gasteiger partial charge in [-0.3, -0.25) is 19.9 Å². The number of benzene rings is 2. The van der Waals surface area contributed by atoms with Crippen molar-refractivity contribution in [2.24, 2.45) is 17.4 Å². The minimum Gasteiger partial charge on any atom is -0.384 e. The summed E-state index contributed by atoms with van der Waals surface area (Å²) in [6.45, 7) is 10.2. The normalized spacial score (nSPS) is 14.9. The molecular formula is C33H47N5O5S. The highest BCUT2D eigenvalue weighted by atomic mass is 32.1. The molecule has 0 radical (unpaired) electrons. The maximum Gasteiger partial charge on any atom is 0.237 e. The van der Waals surface area contributed by atoms with Gasteiger partial charge in [0.25, 0.3) is 0 Å². The lowest BCUT2D eigenvalue weighted by molar-refractivity contribution is -0.125. The molecule has 1 fully saturated rings. The second-order valence-corrected chi connectivity index (χ2v) is 10.4. The fourth-order valence-electron chi connectivity index (χ4n) is 4.14. The van der Waals surface area contributed by atoms with E-state index in [1.165, 1.54) is 16.9 Å². The van der Waals surface area contributed by atoms with Gasteiger partial charge < -0.3 is 31.1 Å². The number of ketones is 1. The van der Waals surface area contributed by atoms with E-state index in [1.807, 2.05) is 101 Å². The zero-order valence-corrected chi connectivity index (χ0v) is 27.2. The lowest BCUT2D eigenvalue weighted by Crippen LogP contribution is -2.40. The molecule has 2 unspecified atom stereocenters. The number of likely N-dealkylation sites (tertiary alicyclic amines) is 1. The number of methoxy groups -OCH3 is 1. The van der Waals surface area contributed by atoms with Crippen molar-refractivity contribution in [3.63, 3.8) is 0 Å². The maximum atomic E-state index is 12.3. The molecule has 0 aliphatic carbocycles. The molecule has 4 rings (SSSR count). The fraction of sp³-hybridized carbons (Fsp3) is 0.364. The molecule has 1 saturated heterocycles. The van der Waals surface area contributed by atoms with Crippen LogP contribution in [-0.2, 0) is 25.7 Å². The van der Waals surface area contributed by atoms with E-state index < -0.39 is 0 Å². The lowest BCUT2D eigenvalue weighted by atomic mass is 10.0. The molecule has 2 aromatic carbocycles. The Morgan fingerprint density at radius 1 is 1.09 bits per heavy atom. The Morgan fingerprint density at radius 2 is 1.66 bits per heavy atom. The number of aldehydes is 1. The van der Waals surface area contributed by atoms with Gasteiger partial charge in [-0.05, 0) is 32.4 Å². The third-order valence-corrected chi connectivity index (χ3v) is 7.12. The highest BCUT2D eigenvalue weighted by molar-refractivity contribution is 7.10. The third-order valence-electron chi connectivity index (χ3n) is 6.19. The number of nitrogens with one attached hydrogen (secondary N) is 2. The van der Waals surface area contributed by atoms with E-state index in [9.17, 15) is 9.59 Å². The van der Waals surface area contributed by atoms with E-state index in [0.29, 0.717) is 30.9 Å². The fourth-order valence-corrected chi connectivity index (χ4v) is 4.96. The van der Waals surface area contributed by atoms with Crippen LogP contribution in [0.15, 0.2) is 66.0 Å². The van der Waals surface area contributed by atoms with Crippen LogP contribution >= 0.6 is 11.3 Å². The average molecular weight is 626 g/mol. The molecular weight excluding hydrogens is 578 g/mol. The van der Waals surface area contributed by atoms with Crippen molar-refractivity contribution < 1.29 is 23.9 Å². The number of hydrogen-bond donors (Lipinski definition) is 4. The van der Waals surface area contributed by atoms with E-state index in [4.69, 9.17) is 25.5 Å². The topological polar surface area (TPSA) is 169 Å². The van der Waals surface area contributed by atoms with E-state index >= 15 is 0 Å². The van der Waals surface area contributed by atoms with Gasteiger partial charge in [0.1, 0.15) is 18.9 Å². The Kier molecular flexibility index (Phi) is 21.3. The van der Waals surface area contributed by atoms with E-state index in [2.05, 4.69) is 16.0 Å². The molecule has 1 aliphatic rings. The highest BCUT2D eigenvalue weighted by Crippen LogP contribution is 2.22. The molecule has 240 valence electrons. The first kappa shape index (κ1) is 40.0. The van der Waals surface area contributed by atoms with Gasteiger partial charge in [0, 0.05) is 47.1 Å². The molecule has 0 spiro atoms. The van der Waals surface area contributed by atoms with Gasteiger partial charge in [-0.1, -0.05) is 74.0 Å². The third kappa shape index (κ3) is 14.4. The van der Waals surface area contributed by atoms with E-state index in [-0.39, 0.29) is 30.1 Å². The number of nitrogens with two attached hydrogens (primary N) is 2. The van der Waals surface area contributed by atoms with E-state index in [1.54, 1.807) is 7.11 Å². The predicted molar refractivity (Wildman–Crippen MR) is 178 cm³/mol. The number of amides is 1. The number of rotatable bonds is 9. The van der Waals surface area contributed by atoms with Gasteiger partial charge in [-0.2, -0.15) is 0 Å². The van der Waals surface area contributed by atoms with Crippen LogP contribution in [0.5, 0.6) is 0 Å². The van der Waals surface area contributed by atoms with Gasteiger partial charge in [0.15, 0.2) is 5.78 Å². The van der Waals surface area contributed by atoms with Gasteiger partial charge in [-0.25, -0.2) is 0 Å². The zero-order valence-electron chi connectivity index (χ0n) is 26.4. The number of nitrogen functional groups attached to an aromatic ring is 1. The van der Waals surface area contributed by atoms with Gasteiger partial charge in [0.2, 0.25) is 5.91 Å². The van der Waals surface area contributed by atoms with Gasteiger partial charge in [-0.15, -0.1) is 11.3 Å². The molecule has 6 N–H and O–H groups in total. The molecule has 1 aliphatic heterocycles. The standard InChI is InChI=1S/C14H22N4O2S.C14H12O.C2H5NO.C2H6.CH2O/c1-18-6-9(7-20-2)3-12(18)14(19)17-5-11-4-10(8-21-11)13(15)16;1-11-7-9-13(10-8-11)14(15)12-5-3-2-4-6-12;3-1-2-4;2*1-2/h4,8-9,12H,3,5-7H2,1-2H3,(H3,15,16)(H,17,19);2-10H,1H3;2H,1,3H2;1-2H3;1H2. The number of amidine groups is 1. The Hall–Kier alpha value is -4.03. The van der Waals surface area contributed by atoms with Crippen molar-refractivity contribution in [3.8, 4) is 0 Å². The first-order valence-corrected chi connectivity index (χ1v) is 15.1. The first-order valence-electron chi connectivity index (χ1n) is 14.2. The van der Waals surface area contributed by atoms with Crippen LogP contribution in [0.25, 0.3) is 0 Å². The number of likely N-dealkylation sites (N-methyl/N-ethyl adjacent to an activating group) is 1. The molecule has 10 nitrogen and oxygen atoms in total. The van der Waals surface area contributed by atoms with Crippen molar-refractivity contribution in [2.45, 2.75) is 39.8 Å². The summed E-state index contributed by atoms with van der Waals surface area (Å²) in [5.74, 6) is 0.605. The Morgan fingerprint density at radius 3 is 2.16 bits per heavy atom. The molecule has 2 heterocycles. The Bertz CT molecular complexity index is 1250. The number of carbonyl (C=O) groups excluding carboxylic acids is 4. The largest absolute Gasteiger partial charge is 0.384 e. The Balaban J connectivity index is 0.000000701. The average Bonchev–Trinajstić information content (AvgIpc) is 3.69. The SMILES string of the molecule is C=O.CC.COCC1CC(C(=O)NCc2cc(C(=N)N)cs2)N(C)C1.Cc1ccc(C(=O)c2ccccc2)cc1.NCC=O. The number of thiophene rings is 1. The minimum atomic E-state index is -0.0858.